The van der Waals surface area contributed by atoms with Crippen molar-refractivity contribution in [1.29, 1.82) is 0 Å². The van der Waals surface area contributed by atoms with Crippen molar-refractivity contribution >= 4 is 17.9 Å². The van der Waals surface area contributed by atoms with E-state index in [9.17, 15) is 14.4 Å². The quantitative estimate of drug-likeness (QED) is 0.0263. The average molecular weight is 835 g/mol. The molecule has 0 amide bonds. The maximum Gasteiger partial charge on any atom is 0.306 e. The van der Waals surface area contributed by atoms with E-state index >= 15 is 0 Å². The van der Waals surface area contributed by atoms with E-state index in [-0.39, 0.29) is 31.1 Å². The summed E-state index contributed by atoms with van der Waals surface area (Å²) >= 11 is 0. The van der Waals surface area contributed by atoms with Crippen LogP contribution in [0.3, 0.4) is 0 Å². The van der Waals surface area contributed by atoms with Gasteiger partial charge >= 0.3 is 17.9 Å². The van der Waals surface area contributed by atoms with Crippen LogP contribution in [0.25, 0.3) is 0 Å². The summed E-state index contributed by atoms with van der Waals surface area (Å²) in [4.78, 5) is 37.5. The molecule has 0 heterocycles. The highest BCUT2D eigenvalue weighted by atomic mass is 16.6. The third kappa shape index (κ3) is 45.7. The zero-order chi connectivity index (χ0) is 43.7. The number of allylic oxidation sites excluding steroid dienone is 14. The van der Waals surface area contributed by atoms with Crippen LogP contribution >= 0.6 is 0 Å². The van der Waals surface area contributed by atoms with E-state index in [4.69, 9.17) is 14.2 Å². The van der Waals surface area contributed by atoms with Gasteiger partial charge in [-0.05, 0) is 77.0 Å². The maximum absolute atomic E-state index is 12.6. The van der Waals surface area contributed by atoms with E-state index in [2.05, 4.69) is 106 Å². The molecule has 0 aliphatic carbocycles. The van der Waals surface area contributed by atoms with E-state index in [0.717, 1.165) is 128 Å². The summed E-state index contributed by atoms with van der Waals surface area (Å²) in [5, 5.41) is 0. The molecule has 6 heteroatoms. The molecule has 0 saturated heterocycles. The van der Waals surface area contributed by atoms with Crippen LogP contribution in [0.4, 0.5) is 0 Å². The highest BCUT2D eigenvalue weighted by molar-refractivity contribution is 5.71. The van der Waals surface area contributed by atoms with E-state index in [1.165, 1.54) is 51.4 Å². The molecule has 6 nitrogen and oxygen atoms in total. The van der Waals surface area contributed by atoms with Crippen molar-refractivity contribution in [3.05, 3.63) is 85.1 Å². The van der Waals surface area contributed by atoms with Gasteiger partial charge in [-0.2, -0.15) is 0 Å². The zero-order valence-corrected chi connectivity index (χ0v) is 38.9. The molecule has 0 fully saturated rings. The normalized spacial score (nSPS) is 12.8. The summed E-state index contributed by atoms with van der Waals surface area (Å²) < 4.78 is 16.6. The lowest BCUT2D eigenvalue weighted by molar-refractivity contribution is -0.167. The second-order valence-corrected chi connectivity index (χ2v) is 16.0. The molecule has 0 saturated carbocycles. The molecular weight excluding hydrogens is 745 g/mol. The smallest absolute Gasteiger partial charge is 0.306 e. The summed E-state index contributed by atoms with van der Waals surface area (Å²) in [6, 6.07) is 0. The molecule has 60 heavy (non-hydrogen) atoms. The monoisotopic (exact) mass is 835 g/mol. The van der Waals surface area contributed by atoms with Crippen LogP contribution in [0.1, 0.15) is 220 Å². The Kier molecular flexibility index (Phi) is 45.5. The van der Waals surface area contributed by atoms with Crippen LogP contribution in [-0.4, -0.2) is 37.2 Å². The van der Waals surface area contributed by atoms with Gasteiger partial charge in [0, 0.05) is 19.3 Å². The topological polar surface area (TPSA) is 78.9 Å². The number of rotatable bonds is 43. The van der Waals surface area contributed by atoms with Crippen molar-refractivity contribution < 1.29 is 28.6 Å². The molecule has 0 aromatic carbocycles. The Labute approximate surface area is 369 Å². The first-order valence-corrected chi connectivity index (χ1v) is 24.6. The first-order chi connectivity index (χ1) is 29.5. The molecule has 0 aromatic heterocycles. The summed E-state index contributed by atoms with van der Waals surface area (Å²) in [6.45, 7) is 6.39. The molecule has 342 valence electrons. The van der Waals surface area contributed by atoms with Crippen LogP contribution < -0.4 is 0 Å². The molecule has 1 unspecified atom stereocenters. The number of carbonyl (C=O) groups excluding carboxylic acids is 3. The summed E-state index contributed by atoms with van der Waals surface area (Å²) in [5.41, 5.74) is 0. The second-order valence-electron chi connectivity index (χ2n) is 16.0. The Balaban J connectivity index is 4.14. The van der Waals surface area contributed by atoms with Gasteiger partial charge in [0.25, 0.3) is 0 Å². The molecule has 0 aliphatic rings. The molecular formula is C54H90O6. The van der Waals surface area contributed by atoms with E-state index in [1.807, 2.05) is 0 Å². The van der Waals surface area contributed by atoms with Gasteiger partial charge in [0.2, 0.25) is 0 Å². The van der Waals surface area contributed by atoms with Crippen molar-refractivity contribution in [2.75, 3.05) is 13.2 Å². The van der Waals surface area contributed by atoms with Crippen molar-refractivity contribution in [3.63, 3.8) is 0 Å². The second kappa shape index (κ2) is 48.3. The first-order valence-electron chi connectivity index (χ1n) is 24.6. The third-order valence-corrected chi connectivity index (χ3v) is 10.2. The minimum absolute atomic E-state index is 0.0827. The largest absolute Gasteiger partial charge is 0.462 e. The van der Waals surface area contributed by atoms with Gasteiger partial charge in [-0.15, -0.1) is 0 Å². The zero-order valence-electron chi connectivity index (χ0n) is 38.9. The lowest BCUT2D eigenvalue weighted by Gasteiger charge is -2.18. The molecule has 0 bridgehead atoms. The fourth-order valence-corrected chi connectivity index (χ4v) is 6.48. The Bertz CT molecular complexity index is 1190. The number of hydrogen-bond acceptors (Lipinski definition) is 6. The van der Waals surface area contributed by atoms with Gasteiger partial charge < -0.3 is 14.2 Å². The average Bonchev–Trinajstić information content (AvgIpc) is 3.24. The third-order valence-electron chi connectivity index (χ3n) is 10.2. The van der Waals surface area contributed by atoms with Gasteiger partial charge in [-0.25, -0.2) is 0 Å². The van der Waals surface area contributed by atoms with Gasteiger partial charge in [0.05, 0.1) is 0 Å². The lowest BCUT2D eigenvalue weighted by Crippen LogP contribution is -2.30. The summed E-state index contributed by atoms with van der Waals surface area (Å²) in [5.74, 6) is -0.922. The summed E-state index contributed by atoms with van der Waals surface area (Å²) in [6.07, 6.45) is 61.8. The standard InChI is InChI=1S/C54H90O6/c1-4-7-10-13-15-17-19-20-21-22-23-24-25-26-27-28-29-30-31-32-33-34-35-37-38-41-44-47-53(56)59-50-51(49-58-52(55)46-43-40-12-9-6-3)60-54(57)48-45-42-39-36-18-16-14-11-8-5-2/h7,10,15,17,20-21,23-24,26-27,29-30,32-33,51H,4-6,8-9,11-14,16,18-19,22,25,28,31,34-50H2,1-3H3/b10-7-,17-15-,21-20-,24-23-,27-26-,30-29-,33-32-. The fourth-order valence-electron chi connectivity index (χ4n) is 6.48. The molecule has 0 N–H and O–H groups in total. The molecule has 0 radical (unpaired) electrons. The minimum atomic E-state index is -0.777. The van der Waals surface area contributed by atoms with E-state index in [0.29, 0.717) is 19.3 Å². The minimum Gasteiger partial charge on any atom is -0.462 e. The number of carbonyl (C=O) groups is 3. The van der Waals surface area contributed by atoms with Crippen LogP contribution in [0.15, 0.2) is 85.1 Å². The highest BCUT2D eigenvalue weighted by Crippen LogP contribution is 2.13. The van der Waals surface area contributed by atoms with E-state index < -0.39 is 6.10 Å². The fraction of sp³-hybridized carbons (Fsp3) is 0.685. The Hall–Kier alpha value is -3.41. The van der Waals surface area contributed by atoms with Gasteiger partial charge in [0.1, 0.15) is 13.2 Å². The van der Waals surface area contributed by atoms with Gasteiger partial charge in [-0.1, -0.05) is 209 Å². The molecule has 0 rings (SSSR count). The van der Waals surface area contributed by atoms with Crippen molar-refractivity contribution in [1.82, 2.24) is 0 Å². The van der Waals surface area contributed by atoms with Crippen molar-refractivity contribution in [2.24, 2.45) is 0 Å². The predicted molar refractivity (Wildman–Crippen MR) is 256 cm³/mol. The molecule has 0 aromatic rings. The van der Waals surface area contributed by atoms with Crippen LogP contribution in [0.2, 0.25) is 0 Å². The number of esters is 3. The van der Waals surface area contributed by atoms with Crippen molar-refractivity contribution in [3.8, 4) is 0 Å². The Morgan fingerprint density at radius 1 is 0.350 bits per heavy atom. The van der Waals surface area contributed by atoms with Crippen LogP contribution in [0, 0.1) is 0 Å². The first kappa shape index (κ1) is 56.6. The van der Waals surface area contributed by atoms with Gasteiger partial charge in [0.15, 0.2) is 6.10 Å². The highest BCUT2D eigenvalue weighted by Gasteiger charge is 2.19. The molecule has 0 spiro atoms. The lowest BCUT2D eigenvalue weighted by atomic mass is 10.1. The number of ether oxygens (including phenoxy) is 3. The molecule has 0 aliphatic heterocycles. The van der Waals surface area contributed by atoms with E-state index in [1.54, 1.807) is 0 Å². The Morgan fingerprint density at radius 2 is 0.650 bits per heavy atom. The van der Waals surface area contributed by atoms with Crippen LogP contribution in [0.5, 0.6) is 0 Å². The Morgan fingerprint density at radius 3 is 1.02 bits per heavy atom. The van der Waals surface area contributed by atoms with Gasteiger partial charge in [-0.3, -0.25) is 14.4 Å². The number of unbranched alkanes of at least 4 members (excludes halogenated alkanes) is 18. The maximum atomic E-state index is 12.6. The summed E-state index contributed by atoms with van der Waals surface area (Å²) in [7, 11) is 0. The SMILES string of the molecule is CC/C=C\C/C=C\C/C=C\C/C=C\C/C=C\C/C=C\C/C=C\CCCCCCCC(=O)OCC(COC(=O)CCCCCCC)OC(=O)CCCCCCCCCCCC. The van der Waals surface area contributed by atoms with Crippen molar-refractivity contribution in [2.45, 2.75) is 226 Å². The molecule has 1 atom stereocenters. The predicted octanol–water partition coefficient (Wildman–Crippen LogP) is 16.0. The van der Waals surface area contributed by atoms with Crippen LogP contribution in [-0.2, 0) is 28.6 Å². The number of hydrogen-bond donors (Lipinski definition) is 0.